The number of ether oxygens (including phenoxy) is 2. The molecule has 0 fully saturated rings. The fraction of sp³-hybridized carbons (Fsp3) is 0.787. The molecule has 0 aliphatic carbocycles. The van der Waals surface area contributed by atoms with E-state index in [9.17, 15) is 14.2 Å². The van der Waals surface area contributed by atoms with Crippen LogP contribution < -0.4 is 0 Å². The van der Waals surface area contributed by atoms with Gasteiger partial charge < -0.3 is 19.3 Å². The van der Waals surface area contributed by atoms with Crippen LogP contribution in [-0.2, 0) is 28.2 Å². The van der Waals surface area contributed by atoms with Crippen molar-refractivity contribution >= 4 is 19.8 Å². The van der Waals surface area contributed by atoms with Crippen LogP contribution >= 0.6 is 7.82 Å². The maximum atomic E-state index is 12.4. The van der Waals surface area contributed by atoms with Gasteiger partial charge in [0.15, 0.2) is 6.10 Å². The average Bonchev–Trinajstić information content (AvgIpc) is 3.17. The lowest BCUT2D eigenvalue weighted by atomic mass is 10.0. The highest BCUT2D eigenvalue weighted by atomic mass is 31.2. The predicted octanol–water partition coefficient (Wildman–Crippen LogP) is 14.3. The molecule has 2 N–H and O–H groups in total. The van der Waals surface area contributed by atoms with E-state index in [4.69, 9.17) is 19.3 Å². The summed E-state index contributed by atoms with van der Waals surface area (Å²) >= 11 is 0. The molecule has 0 aromatic heterocycles. The molecule has 8 nitrogen and oxygen atoms in total. The molecule has 326 valence electrons. The number of carbonyl (C=O) groups is 2. The molecule has 0 amide bonds. The number of hydrogen-bond acceptors (Lipinski definition) is 6. The van der Waals surface area contributed by atoms with E-state index in [1.807, 2.05) is 6.08 Å². The minimum atomic E-state index is -4.79. The fourth-order valence-electron chi connectivity index (χ4n) is 6.48. The first-order chi connectivity index (χ1) is 27.3. The molecule has 0 bridgehead atoms. The van der Waals surface area contributed by atoms with Gasteiger partial charge >= 0.3 is 19.8 Å². The van der Waals surface area contributed by atoms with Crippen molar-refractivity contribution in [2.75, 3.05) is 13.2 Å². The Bertz CT molecular complexity index is 1050. The van der Waals surface area contributed by atoms with Gasteiger partial charge in [-0.25, -0.2) is 9.36 Å². The van der Waals surface area contributed by atoms with E-state index in [1.165, 1.54) is 160 Å². The van der Waals surface area contributed by atoms with Crippen molar-refractivity contribution in [3.8, 4) is 0 Å². The Hall–Kier alpha value is -1.99. The van der Waals surface area contributed by atoms with E-state index in [0.717, 1.165) is 32.1 Å². The van der Waals surface area contributed by atoms with Crippen LogP contribution in [-0.4, -0.2) is 41.0 Å². The molecule has 0 radical (unpaired) electrons. The number of carbonyl (C=O) groups excluding carboxylic acids is 2. The lowest BCUT2D eigenvalue weighted by Gasteiger charge is -2.18. The third-order valence-electron chi connectivity index (χ3n) is 9.90. The number of allylic oxidation sites excluding steroid dienone is 7. The van der Waals surface area contributed by atoms with Crippen molar-refractivity contribution in [3.05, 3.63) is 48.6 Å². The average molecular weight is 809 g/mol. The minimum absolute atomic E-state index is 0.133. The number of phosphoric acid groups is 1. The molecule has 0 aliphatic heterocycles. The molecule has 0 unspecified atom stereocenters. The molecule has 0 heterocycles. The SMILES string of the molecule is CCCCCCCCCCCCC/C=C/C=C/C(=O)OC[C@H](COP(=O)(O)O)OC(=O)CCC/C=C/CC/C=C/CCCCCCCCCCCCCCCC. The van der Waals surface area contributed by atoms with Crippen LogP contribution in [0.2, 0.25) is 0 Å². The van der Waals surface area contributed by atoms with Gasteiger partial charge in [0, 0.05) is 12.5 Å². The van der Waals surface area contributed by atoms with Crippen LogP contribution in [0.4, 0.5) is 0 Å². The maximum Gasteiger partial charge on any atom is 0.469 e. The predicted molar refractivity (Wildman–Crippen MR) is 234 cm³/mol. The molecule has 56 heavy (non-hydrogen) atoms. The Morgan fingerprint density at radius 1 is 0.500 bits per heavy atom. The summed E-state index contributed by atoms with van der Waals surface area (Å²) in [6.45, 7) is 3.57. The number of esters is 2. The van der Waals surface area contributed by atoms with Crippen LogP contribution in [0.5, 0.6) is 0 Å². The highest BCUT2D eigenvalue weighted by Gasteiger charge is 2.22. The quantitative estimate of drug-likeness (QED) is 0.0156. The summed E-state index contributed by atoms with van der Waals surface area (Å²) in [7, 11) is -4.79. The Morgan fingerprint density at radius 2 is 0.893 bits per heavy atom. The molecular weight excluding hydrogens is 723 g/mol. The molecule has 9 heteroatoms. The Balaban J connectivity index is 3.98. The summed E-state index contributed by atoms with van der Waals surface area (Å²) in [6.07, 6.45) is 53.4. The molecule has 0 aromatic carbocycles. The normalized spacial score (nSPS) is 12.9. The fourth-order valence-corrected chi connectivity index (χ4v) is 6.85. The highest BCUT2D eigenvalue weighted by molar-refractivity contribution is 7.46. The van der Waals surface area contributed by atoms with Gasteiger partial charge in [0.1, 0.15) is 6.61 Å². The summed E-state index contributed by atoms with van der Waals surface area (Å²) in [5.74, 6) is -1.18. The lowest BCUT2D eigenvalue weighted by Crippen LogP contribution is -2.29. The van der Waals surface area contributed by atoms with Gasteiger partial charge in [0.05, 0.1) is 6.61 Å². The number of unbranched alkanes of at least 4 members (excludes halogenated alkanes) is 27. The molecule has 0 aromatic rings. The molecule has 0 saturated carbocycles. The summed E-state index contributed by atoms with van der Waals surface area (Å²) in [6, 6.07) is 0. The third-order valence-corrected chi connectivity index (χ3v) is 10.4. The van der Waals surface area contributed by atoms with Crippen LogP contribution in [0.15, 0.2) is 48.6 Å². The third kappa shape index (κ3) is 44.7. The second-order valence-electron chi connectivity index (χ2n) is 15.4. The summed E-state index contributed by atoms with van der Waals surface area (Å²) < 4.78 is 26.2. The zero-order valence-corrected chi connectivity index (χ0v) is 36.9. The topological polar surface area (TPSA) is 119 Å². The van der Waals surface area contributed by atoms with Gasteiger partial charge in [-0.1, -0.05) is 204 Å². The van der Waals surface area contributed by atoms with E-state index in [1.54, 1.807) is 12.2 Å². The highest BCUT2D eigenvalue weighted by Crippen LogP contribution is 2.36. The Kier molecular flexibility index (Phi) is 41.1. The largest absolute Gasteiger partial charge is 0.469 e. The minimum Gasteiger partial charge on any atom is -0.458 e. The number of hydrogen-bond donors (Lipinski definition) is 2. The second-order valence-corrected chi connectivity index (χ2v) is 16.7. The summed E-state index contributed by atoms with van der Waals surface area (Å²) in [5.41, 5.74) is 0. The van der Waals surface area contributed by atoms with Crippen LogP contribution in [0.25, 0.3) is 0 Å². The lowest BCUT2D eigenvalue weighted by molar-refractivity contribution is -0.159. The van der Waals surface area contributed by atoms with Crippen LogP contribution in [0.1, 0.15) is 219 Å². The van der Waals surface area contributed by atoms with Gasteiger partial charge in [0.25, 0.3) is 0 Å². The van der Waals surface area contributed by atoms with E-state index in [-0.39, 0.29) is 13.0 Å². The number of phosphoric ester groups is 1. The van der Waals surface area contributed by atoms with Crippen molar-refractivity contribution in [2.45, 2.75) is 225 Å². The standard InChI is InChI=1S/C47H85O8P/c1-3-5-7-9-11-13-15-17-19-20-21-22-23-24-25-26-28-30-32-34-36-38-40-42-47(49)55-45(44-54-56(50,51)52)43-53-46(48)41-39-37-35-33-31-29-27-18-16-14-12-10-8-6-4-2/h26,28,34-37,39,41,45H,3-25,27,29-33,38,40,42-44H2,1-2H3,(H2,50,51,52)/b28-26+,36-34+,37-35+,41-39+/t45-/m1/s1. The number of rotatable bonds is 42. The van der Waals surface area contributed by atoms with Crippen LogP contribution in [0, 0.1) is 0 Å². The van der Waals surface area contributed by atoms with E-state index >= 15 is 0 Å². The summed E-state index contributed by atoms with van der Waals surface area (Å²) in [4.78, 5) is 42.7. The van der Waals surface area contributed by atoms with Crippen molar-refractivity contribution < 1.29 is 37.9 Å². The molecule has 1 atom stereocenters. The molecule has 0 spiro atoms. The van der Waals surface area contributed by atoms with Gasteiger partial charge in [-0.15, -0.1) is 0 Å². The van der Waals surface area contributed by atoms with E-state index in [0.29, 0.717) is 12.8 Å². The van der Waals surface area contributed by atoms with Crippen molar-refractivity contribution in [2.24, 2.45) is 0 Å². The molecule has 0 saturated heterocycles. The first-order valence-corrected chi connectivity index (χ1v) is 24.5. The molecule has 0 rings (SSSR count). The maximum absolute atomic E-state index is 12.4. The Morgan fingerprint density at radius 3 is 1.34 bits per heavy atom. The van der Waals surface area contributed by atoms with E-state index < -0.39 is 32.5 Å². The molecular formula is C47H85O8P. The zero-order valence-electron chi connectivity index (χ0n) is 36.0. The van der Waals surface area contributed by atoms with Gasteiger partial charge in [-0.3, -0.25) is 9.32 Å². The smallest absolute Gasteiger partial charge is 0.458 e. The summed E-state index contributed by atoms with van der Waals surface area (Å²) in [5, 5.41) is 0. The van der Waals surface area contributed by atoms with Crippen molar-refractivity contribution in [1.29, 1.82) is 0 Å². The monoisotopic (exact) mass is 809 g/mol. The van der Waals surface area contributed by atoms with Crippen molar-refractivity contribution in [3.63, 3.8) is 0 Å². The van der Waals surface area contributed by atoms with Crippen LogP contribution in [0.3, 0.4) is 0 Å². The van der Waals surface area contributed by atoms with Gasteiger partial charge in [0.2, 0.25) is 0 Å². The zero-order chi connectivity index (χ0) is 41.1. The van der Waals surface area contributed by atoms with E-state index in [2.05, 4.69) is 42.7 Å². The van der Waals surface area contributed by atoms with Gasteiger partial charge in [-0.2, -0.15) is 0 Å². The first kappa shape index (κ1) is 54.0. The first-order valence-electron chi connectivity index (χ1n) is 23.0. The van der Waals surface area contributed by atoms with Crippen molar-refractivity contribution in [1.82, 2.24) is 0 Å². The second kappa shape index (κ2) is 42.6. The molecule has 0 aliphatic rings. The van der Waals surface area contributed by atoms with Gasteiger partial charge in [-0.05, 0) is 51.4 Å². The Labute approximate surface area is 344 Å².